The zero-order valence-corrected chi connectivity index (χ0v) is 16.1. The van der Waals surface area contributed by atoms with Gasteiger partial charge in [-0.15, -0.1) is 23.2 Å². The molecule has 0 amide bonds. The van der Waals surface area contributed by atoms with Gasteiger partial charge in [0.2, 0.25) is 0 Å². The van der Waals surface area contributed by atoms with Crippen LogP contribution in [0.15, 0.2) is 0 Å². The summed E-state index contributed by atoms with van der Waals surface area (Å²) in [6.07, 6.45) is 11.6. The highest BCUT2D eigenvalue weighted by Gasteiger charge is 2.05. The summed E-state index contributed by atoms with van der Waals surface area (Å²) in [5, 5.41) is 0.514. The predicted octanol–water partition coefficient (Wildman–Crippen LogP) is 6.18. The molecule has 0 aliphatic carbocycles. The lowest BCUT2D eigenvalue weighted by molar-refractivity contribution is 0.0453. The van der Waals surface area contributed by atoms with E-state index in [1.54, 1.807) is 0 Å². The molecule has 0 spiro atoms. The molecule has 0 N–H and O–H groups in total. The van der Waals surface area contributed by atoms with Crippen LogP contribution in [0.1, 0.15) is 78.1 Å². The minimum absolute atomic E-state index is 0.257. The molecule has 0 fully saturated rings. The van der Waals surface area contributed by atoms with E-state index in [1.807, 2.05) is 0 Å². The number of hydrogen-bond donors (Lipinski definition) is 0. The van der Waals surface area contributed by atoms with E-state index in [0.29, 0.717) is 13.2 Å². The van der Waals surface area contributed by atoms with Gasteiger partial charge >= 0.3 is 0 Å². The molecule has 0 radical (unpaired) electrons. The second-order valence-electron chi connectivity index (χ2n) is 5.99. The van der Waals surface area contributed by atoms with Crippen LogP contribution in [0, 0.1) is 0 Å². The molecule has 134 valence electrons. The van der Waals surface area contributed by atoms with Crippen LogP contribution in [0.25, 0.3) is 0 Å². The van der Waals surface area contributed by atoms with Crippen molar-refractivity contribution < 1.29 is 9.47 Å². The molecule has 0 heterocycles. The van der Waals surface area contributed by atoms with E-state index < -0.39 is 0 Å². The smallest absolute Gasteiger partial charge is 0.0700 e. The summed E-state index contributed by atoms with van der Waals surface area (Å²) in [5.41, 5.74) is 0. The van der Waals surface area contributed by atoms with Crippen molar-refractivity contribution in [3.8, 4) is 0 Å². The van der Waals surface area contributed by atoms with Gasteiger partial charge in [-0.25, -0.2) is 0 Å². The van der Waals surface area contributed by atoms with Crippen molar-refractivity contribution >= 4 is 23.2 Å². The van der Waals surface area contributed by atoms with Gasteiger partial charge in [-0.1, -0.05) is 52.4 Å². The number of unbranched alkanes of at least 4 members (excludes halogenated alkanes) is 4. The van der Waals surface area contributed by atoms with Gasteiger partial charge in [0.15, 0.2) is 0 Å². The average molecular weight is 355 g/mol. The largest absolute Gasteiger partial charge is 0.379 e. The van der Waals surface area contributed by atoms with Crippen LogP contribution < -0.4 is 0 Å². The summed E-state index contributed by atoms with van der Waals surface area (Å²) >= 11 is 12.5. The highest BCUT2D eigenvalue weighted by atomic mass is 35.5. The summed E-state index contributed by atoms with van der Waals surface area (Å²) < 4.78 is 11.1. The van der Waals surface area contributed by atoms with Crippen molar-refractivity contribution in [1.29, 1.82) is 0 Å². The van der Waals surface area contributed by atoms with Gasteiger partial charge in [0.1, 0.15) is 0 Å². The Morgan fingerprint density at radius 3 is 1.36 bits per heavy atom. The Morgan fingerprint density at radius 1 is 0.591 bits per heavy atom. The SMILES string of the molecule is CCCCCC(Cl)CCOCCOCCC(Cl)CCCCC. The van der Waals surface area contributed by atoms with Crippen molar-refractivity contribution in [3.63, 3.8) is 0 Å². The number of hydrogen-bond acceptors (Lipinski definition) is 2. The average Bonchev–Trinajstić information content (AvgIpc) is 2.50. The van der Waals surface area contributed by atoms with Gasteiger partial charge < -0.3 is 9.47 Å². The summed E-state index contributed by atoms with van der Waals surface area (Å²) in [4.78, 5) is 0. The molecule has 0 aromatic rings. The second kappa shape index (κ2) is 17.8. The van der Waals surface area contributed by atoms with E-state index in [0.717, 1.165) is 38.9 Å². The molecule has 2 atom stereocenters. The van der Waals surface area contributed by atoms with Gasteiger partial charge in [0, 0.05) is 24.0 Å². The maximum absolute atomic E-state index is 6.24. The van der Waals surface area contributed by atoms with Crippen molar-refractivity contribution in [3.05, 3.63) is 0 Å². The minimum atomic E-state index is 0.257. The molecule has 0 saturated heterocycles. The molecule has 0 aromatic heterocycles. The molecule has 0 saturated carbocycles. The Morgan fingerprint density at radius 2 is 1.00 bits per heavy atom. The third kappa shape index (κ3) is 16.9. The lowest BCUT2D eigenvalue weighted by Crippen LogP contribution is -2.11. The Bertz CT molecular complexity index is 193. The number of alkyl halides is 2. The lowest BCUT2D eigenvalue weighted by atomic mass is 10.1. The molecule has 0 bridgehead atoms. The first-order chi connectivity index (χ1) is 10.7. The van der Waals surface area contributed by atoms with Gasteiger partial charge in [-0.2, -0.15) is 0 Å². The van der Waals surface area contributed by atoms with Crippen molar-refractivity contribution in [2.24, 2.45) is 0 Å². The first kappa shape index (κ1) is 22.5. The van der Waals surface area contributed by atoms with Gasteiger partial charge in [-0.3, -0.25) is 0 Å². The standard InChI is InChI=1S/C18H36Cl2O2/c1-3-5-7-9-17(19)11-13-21-15-16-22-14-12-18(20)10-8-6-4-2/h17-18H,3-16H2,1-2H3. The second-order valence-corrected chi connectivity index (χ2v) is 7.22. The van der Waals surface area contributed by atoms with Crippen LogP contribution in [0.4, 0.5) is 0 Å². The van der Waals surface area contributed by atoms with E-state index >= 15 is 0 Å². The Kier molecular flexibility index (Phi) is 18.3. The summed E-state index contributed by atoms with van der Waals surface area (Å²) in [5.74, 6) is 0. The first-order valence-corrected chi connectivity index (χ1v) is 10.0. The molecule has 0 rings (SSSR count). The van der Waals surface area contributed by atoms with Crippen molar-refractivity contribution in [2.75, 3.05) is 26.4 Å². The third-order valence-electron chi connectivity index (χ3n) is 3.76. The van der Waals surface area contributed by atoms with E-state index in [9.17, 15) is 0 Å². The molecule has 0 aromatic carbocycles. The van der Waals surface area contributed by atoms with Crippen LogP contribution in [0.3, 0.4) is 0 Å². The molecular formula is C18H36Cl2O2. The van der Waals surface area contributed by atoms with Gasteiger partial charge in [-0.05, 0) is 25.7 Å². The van der Waals surface area contributed by atoms with Crippen molar-refractivity contribution in [1.82, 2.24) is 0 Å². The Balaban J connectivity index is 3.19. The number of rotatable bonds is 17. The molecule has 2 nitrogen and oxygen atoms in total. The minimum Gasteiger partial charge on any atom is -0.379 e. The quantitative estimate of drug-likeness (QED) is 0.229. The first-order valence-electron chi connectivity index (χ1n) is 9.14. The molecule has 22 heavy (non-hydrogen) atoms. The zero-order chi connectivity index (χ0) is 16.5. The van der Waals surface area contributed by atoms with Crippen LogP contribution in [0.5, 0.6) is 0 Å². The monoisotopic (exact) mass is 354 g/mol. The molecule has 4 heteroatoms. The maximum Gasteiger partial charge on any atom is 0.0700 e. The van der Waals surface area contributed by atoms with Crippen LogP contribution in [-0.4, -0.2) is 37.2 Å². The van der Waals surface area contributed by atoms with E-state index in [4.69, 9.17) is 32.7 Å². The topological polar surface area (TPSA) is 18.5 Å². The van der Waals surface area contributed by atoms with Crippen LogP contribution in [-0.2, 0) is 9.47 Å². The highest BCUT2D eigenvalue weighted by molar-refractivity contribution is 6.20. The Labute approximate surface area is 148 Å². The van der Waals surface area contributed by atoms with Gasteiger partial charge in [0.05, 0.1) is 13.2 Å². The fraction of sp³-hybridized carbons (Fsp3) is 1.00. The number of ether oxygens (including phenoxy) is 2. The van der Waals surface area contributed by atoms with Crippen molar-refractivity contribution in [2.45, 2.75) is 88.8 Å². The number of halogens is 2. The highest BCUT2D eigenvalue weighted by Crippen LogP contribution is 2.13. The fourth-order valence-corrected chi connectivity index (χ4v) is 2.75. The van der Waals surface area contributed by atoms with E-state index in [1.165, 1.54) is 38.5 Å². The third-order valence-corrected chi connectivity index (χ3v) is 4.64. The van der Waals surface area contributed by atoms with Crippen LogP contribution >= 0.6 is 23.2 Å². The van der Waals surface area contributed by atoms with E-state index in [2.05, 4.69) is 13.8 Å². The van der Waals surface area contributed by atoms with E-state index in [-0.39, 0.29) is 10.8 Å². The van der Waals surface area contributed by atoms with Gasteiger partial charge in [0.25, 0.3) is 0 Å². The predicted molar refractivity (Wildman–Crippen MR) is 98.4 cm³/mol. The lowest BCUT2D eigenvalue weighted by Gasteiger charge is -2.11. The van der Waals surface area contributed by atoms with Crippen LogP contribution in [0.2, 0.25) is 0 Å². The normalized spacial score (nSPS) is 14.2. The summed E-state index contributed by atoms with van der Waals surface area (Å²) in [7, 11) is 0. The Hall–Kier alpha value is 0.500. The summed E-state index contributed by atoms with van der Waals surface area (Å²) in [6.45, 7) is 7.20. The molecule has 0 aliphatic heterocycles. The maximum atomic E-state index is 6.24. The zero-order valence-electron chi connectivity index (χ0n) is 14.6. The fourth-order valence-electron chi connectivity index (χ4n) is 2.26. The summed E-state index contributed by atoms with van der Waals surface area (Å²) in [6, 6.07) is 0. The molecule has 0 aliphatic rings. The molecule has 2 unspecified atom stereocenters. The molecular weight excluding hydrogens is 319 g/mol.